The van der Waals surface area contributed by atoms with Gasteiger partial charge >= 0.3 is 0 Å². The average molecular weight is 384 g/mol. The smallest absolute Gasteiger partial charge is 0.258 e. The maximum Gasteiger partial charge on any atom is 0.258 e. The van der Waals surface area contributed by atoms with Gasteiger partial charge in [0.15, 0.2) is 0 Å². The van der Waals surface area contributed by atoms with Crippen LogP contribution >= 0.6 is 0 Å². The predicted octanol–water partition coefficient (Wildman–Crippen LogP) is 6.28. The zero-order valence-corrected chi connectivity index (χ0v) is 16.9. The third kappa shape index (κ3) is 4.54. The van der Waals surface area contributed by atoms with Crippen molar-refractivity contribution in [3.05, 3.63) is 90.0 Å². The molecular weight excluding hydrogens is 360 g/mol. The van der Waals surface area contributed by atoms with Crippen LogP contribution in [0.2, 0.25) is 0 Å². The number of aromatic nitrogens is 2. The van der Waals surface area contributed by atoms with Crippen LogP contribution in [0.4, 0.5) is 0 Å². The fourth-order valence-electron chi connectivity index (χ4n) is 3.06. The van der Waals surface area contributed by atoms with Gasteiger partial charge < -0.3 is 9.26 Å². The normalized spacial score (nSPS) is 11.4. The van der Waals surface area contributed by atoms with E-state index in [-0.39, 0.29) is 5.41 Å². The molecule has 29 heavy (non-hydrogen) atoms. The summed E-state index contributed by atoms with van der Waals surface area (Å²) < 4.78 is 11.4. The van der Waals surface area contributed by atoms with Crippen LogP contribution in [0.25, 0.3) is 22.8 Å². The standard InChI is InChI=1S/C25H24N2O2/c1-25(2,3)21-12-14-22(15-13-21)28-17-18-8-7-11-20(16-18)24-26-23(27-29-24)19-9-5-4-6-10-19/h4-16H,17H2,1-3H3. The van der Waals surface area contributed by atoms with Crippen LogP contribution in [-0.4, -0.2) is 10.1 Å². The Bertz CT molecular complexity index is 1080. The summed E-state index contributed by atoms with van der Waals surface area (Å²) in [7, 11) is 0. The first-order valence-corrected chi connectivity index (χ1v) is 9.71. The molecule has 4 rings (SSSR count). The van der Waals surface area contributed by atoms with Crippen molar-refractivity contribution in [2.75, 3.05) is 0 Å². The summed E-state index contributed by atoms with van der Waals surface area (Å²) >= 11 is 0. The van der Waals surface area contributed by atoms with E-state index in [1.807, 2.05) is 66.7 Å². The lowest BCUT2D eigenvalue weighted by Gasteiger charge is -2.19. The highest BCUT2D eigenvalue weighted by atomic mass is 16.5. The molecule has 1 aromatic heterocycles. The molecule has 4 heteroatoms. The van der Waals surface area contributed by atoms with Crippen molar-refractivity contribution in [1.82, 2.24) is 10.1 Å². The molecule has 3 aromatic carbocycles. The van der Waals surface area contributed by atoms with Gasteiger partial charge in [0.05, 0.1) is 0 Å². The Balaban J connectivity index is 1.46. The Kier molecular flexibility index (Phi) is 5.17. The topological polar surface area (TPSA) is 48.2 Å². The van der Waals surface area contributed by atoms with Crippen molar-refractivity contribution in [1.29, 1.82) is 0 Å². The molecule has 0 saturated carbocycles. The van der Waals surface area contributed by atoms with Gasteiger partial charge in [0.1, 0.15) is 12.4 Å². The first-order chi connectivity index (χ1) is 14.0. The van der Waals surface area contributed by atoms with E-state index in [2.05, 4.69) is 43.0 Å². The van der Waals surface area contributed by atoms with Gasteiger partial charge in [0, 0.05) is 11.1 Å². The van der Waals surface area contributed by atoms with Crippen LogP contribution < -0.4 is 4.74 Å². The summed E-state index contributed by atoms with van der Waals surface area (Å²) in [4.78, 5) is 4.52. The van der Waals surface area contributed by atoms with Crippen LogP contribution in [0.15, 0.2) is 83.4 Å². The Morgan fingerprint density at radius 1 is 0.828 bits per heavy atom. The first kappa shape index (κ1) is 18.9. The van der Waals surface area contributed by atoms with Crippen LogP contribution in [0.3, 0.4) is 0 Å². The van der Waals surface area contributed by atoms with E-state index in [1.165, 1.54) is 5.56 Å². The maximum absolute atomic E-state index is 5.96. The summed E-state index contributed by atoms with van der Waals surface area (Å²) in [6.45, 7) is 7.08. The molecule has 0 aliphatic rings. The summed E-state index contributed by atoms with van der Waals surface area (Å²) in [6, 6.07) is 26.1. The van der Waals surface area contributed by atoms with Crippen molar-refractivity contribution in [2.24, 2.45) is 0 Å². The first-order valence-electron chi connectivity index (χ1n) is 9.71. The molecule has 0 radical (unpaired) electrons. The van der Waals surface area contributed by atoms with Gasteiger partial charge in [-0.25, -0.2) is 0 Å². The zero-order valence-electron chi connectivity index (χ0n) is 16.9. The summed E-state index contributed by atoms with van der Waals surface area (Å²) in [5.74, 6) is 1.94. The van der Waals surface area contributed by atoms with Gasteiger partial charge in [0.2, 0.25) is 5.82 Å². The number of ether oxygens (including phenoxy) is 1. The maximum atomic E-state index is 5.96. The minimum Gasteiger partial charge on any atom is -0.489 e. The van der Waals surface area contributed by atoms with Crippen molar-refractivity contribution < 1.29 is 9.26 Å². The molecule has 0 aliphatic carbocycles. The average Bonchev–Trinajstić information content (AvgIpc) is 3.23. The number of rotatable bonds is 5. The Morgan fingerprint density at radius 2 is 1.55 bits per heavy atom. The van der Waals surface area contributed by atoms with Gasteiger partial charge in [-0.05, 0) is 40.8 Å². The molecule has 0 spiro atoms. The minimum atomic E-state index is 0.134. The van der Waals surface area contributed by atoms with E-state index < -0.39 is 0 Å². The molecule has 4 nitrogen and oxygen atoms in total. The van der Waals surface area contributed by atoms with E-state index in [9.17, 15) is 0 Å². The lowest BCUT2D eigenvalue weighted by atomic mass is 9.87. The number of hydrogen-bond acceptors (Lipinski definition) is 4. The fraction of sp³-hybridized carbons (Fsp3) is 0.200. The third-order valence-corrected chi connectivity index (χ3v) is 4.76. The second-order valence-corrected chi connectivity index (χ2v) is 8.05. The molecule has 4 aromatic rings. The number of benzene rings is 3. The third-order valence-electron chi connectivity index (χ3n) is 4.76. The SMILES string of the molecule is CC(C)(C)c1ccc(OCc2cccc(-c3nc(-c4ccccc4)no3)c2)cc1. The monoisotopic (exact) mass is 384 g/mol. The van der Waals surface area contributed by atoms with E-state index >= 15 is 0 Å². The molecule has 0 amide bonds. The molecule has 0 N–H and O–H groups in total. The van der Waals surface area contributed by atoms with Crippen LogP contribution in [0.5, 0.6) is 5.75 Å². The lowest BCUT2D eigenvalue weighted by Crippen LogP contribution is -2.10. The predicted molar refractivity (Wildman–Crippen MR) is 115 cm³/mol. The highest BCUT2D eigenvalue weighted by Crippen LogP contribution is 2.26. The largest absolute Gasteiger partial charge is 0.489 e. The molecule has 1 heterocycles. The van der Waals surface area contributed by atoms with Gasteiger partial charge in [-0.1, -0.05) is 80.5 Å². The fourth-order valence-corrected chi connectivity index (χ4v) is 3.06. The Morgan fingerprint density at radius 3 is 2.28 bits per heavy atom. The second-order valence-electron chi connectivity index (χ2n) is 8.05. The lowest BCUT2D eigenvalue weighted by molar-refractivity contribution is 0.306. The van der Waals surface area contributed by atoms with Gasteiger partial charge in [-0.3, -0.25) is 0 Å². The molecule has 0 fully saturated rings. The zero-order chi connectivity index (χ0) is 20.3. The van der Waals surface area contributed by atoms with Gasteiger partial charge in [-0.15, -0.1) is 0 Å². The highest BCUT2D eigenvalue weighted by Gasteiger charge is 2.13. The summed E-state index contributed by atoms with van der Waals surface area (Å²) in [5.41, 5.74) is 4.28. The van der Waals surface area contributed by atoms with Gasteiger partial charge in [-0.2, -0.15) is 4.98 Å². The second kappa shape index (κ2) is 7.92. The number of hydrogen-bond donors (Lipinski definition) is 0. The highest BCUT2D eigenvalue weighted by molar-refractivity contribution is 5.60. The molecule has 0 bridgehead atoms. The molecule has 0 saturated heterocycles. The molecule has 0 atom stereocenters. The summed E-state index contributed by atoms with van der Waals surface area (Å²) in [5, 5.41) is 4.10. The molecule has 0 unspecified atom stereocenters. The van der Waals surface area contributed by atoms with Crippen LogP contribution in [0, 0.1) is 0 Å². The van der Waals surface area contributed by atoms with E-state index in [0.29, 0.717) is 18.3 Å². The van der Waals surface area contributed by atoms with Crippen molar-refractivity contribution in [3.8, 4) is 28.6 Å². The molecule has 146 valence electrons. The van der Waals surface area contributed by atoms with Crippen molar-refractivity contribution in [2.45, 2.75) is 32.8 Å². The molecule has 0 aliphatic heterocycles. The van der Waals surface area contributed by atoms with E-state index in [1.54, 1.807) is 0 Å². The minimum absolute atomic E-state index is 0.134. The van der Waals surface area contributed by atoms with E-state index in [0.717, 1.165) is 22.4 Å². The van der Waals surface area contributed by atoms with Crippen molar-refractivity contribution >= 4 is 0 Å². The Hall–Kier alpha value is -3.40. The van der Waals surface area contributed by atoms with Crippen molar-refractivity contribution in [3.63, 3.8) is 0 Å². The van der Waals surface area contributed by atoms with Crippen LogP contribution in [0.1, 0.15) is 31.9 Å². The van der Waals surface area contributed by atoms with E-state index in [4.69, 9.17) is 9.26 Å². The number of nitrogens with zero attached hydrogens (tertiary/aromatic N) is 2. The van der Waals surface area contributed by atoms with Gasteiger partial charge in [0.25, 0.3) is 5.89 Å². The molecular formula is C25H24N2O2. The summed E-state index contributed by atoms with van der Waals surface area (Å²) in [6.07, 6.45) is 0. The van der Waals surface area contributed by atoms with Crippen LogP contribution in [-0.2, 0) is 12.0 Å². The quantitative estimate of drug-likeness (QED) is 0.406. The Labute approximate surface area is 171 Å².